The Morgan fingerprint density at radius 1 is 1.19 bits per heavy atom. The maximum Gasteiger partial charge on any atom is 0.277 e. The average molecular weight is 355 g/mol. The third kappa shape index (κ3) is 3.94. The first-order valence-corrected chi connectivity index (χ1v) is 8.35. The van der Waals surface area contributed by atoms with Crippen molar-refractivity contribution in [1.29, 1.82) is 0 Å². The monoisotopic (exact) mass is 355 g/mol. The molecule has 1 aliphatic heterocycles. The Morgan fingerprint density at radius 3 is 2.77 bits per heavy atom. The predicted octanol–water partition coefficient (Wildman–Crippen LogP) is 1.59. The van der Waals surface area contributed by atoms with Gasteiger partial charge in [-0.3, -0.25) is 14.3 Å². The van der Waals surface area contributed by atoms with Gasteiger partial charge in [0.1, 0.15) is 13.3 Å². The number of hydrogen-bond acceptors (Lipinski definition) is 5. The smallest absolute Gasteiger partial charge is 0.277 e. The van der Waals surface area contributed by atoms with E-state index < -0.39 is 0 Å². The van der Waals surface area contributed by atoms with E-state index in [0.717, 1.165) is 5.56 Å². The number of hydrogen-bond donors (Lipinski definition) is 1. The van der Waals surface area contributed by atoms with Crippen LogP contribution in [0.2, 0.25) is 0 Å². The minimum absolute atomic E-state index is 0.0468. The summed E-state index contributed by atoms with van der Waals surface area (Å²) in [6.07, 6.45) is 3.19. The van der Waals surface area contributed by atoms with Crippen LogP contribution in [0.3, 0.4) is 0 Å². The van der Waals surface area contributed by atoms with E-state index in [0.29, 0.717) is 26.4 Å². The van der Waals surface area contributed by atoms with Crippen molar-refractivity contribution in [2.45, 2.75) is 6.61 Å². The number of nitrogens with one attached hydrogen (secondary N) is 1. The van der Waals surface area contributed by atoms with Gasteiger partial charge in [0.25, 0.3) is 5.91 Å². The fraction of sp³-hybridized carbons (Fsp3) is 0.263. The number of benzene rings is 1. The van der Waals surface area contributed by atoms with Crippen molar-refractivity contribution in [2.24, 2.45) is 0 Å². The van der Waals surface area contributed by atoms with Gasteiger partial charge >= 0.3 is 0 Å². The number of nitrogens with zero attached hydrogens (tertiary/aromatic N) is 2. The normalized spacial score (nSPS) is 13.1. The largest absolute Gasteiger partial charge is 0.482 e. The lowest BCUT2D eigenvalue weighted by Gasteiger charge is -2.31. The van der Waals surface area contributed by atoms with Crippen molar-refractivity contribution in [1.82, 2.24) is 9.58 Å². The van der Waals surface area contributed by atoms with Crippen LogP contribution in [-0.4, -0.2) is 41.9 Å². The number of amides is 1. The molecule has 2 aromatic rings. The fourth-order valence-electron chi connectivity index (χ4n) is 2.62. The third-order valence-electron chi connectivity index (χ3n) is 3.94. The highest BCUT2D eigenvalue weighted by Gasteiger charge is 2.28. The Hall–Kier alpha value is -3.06. The van der Waals surface area contributed by atoms with Gasteiger partial charge in [-0.15, -0.1) is 6.58 Å². The van der Waals surface area contributed by atoms with Crippen molar-refractivity contribution in [3.8, 4) is 5.75 Å². The first-order chi connectivity index (χ1) is 12.7. The fourth-order valence-corrected chi connectivity index (χ4v) is 2.62. The van der Waals surface area contributed by atoms with E-state index in [2.05, 4.69) is 12.0 Å². The molecule has 0 bridgehead atoms. The van der Waals surface area contributed by atoms with E-state index in [-0.39, 0.29) is 29.4 Å². The Morgan fingerprint density at radius 2 is 2.00 bits per heavy atom. The molecule has 2 heterocycles. The van der Waals surface area contributed by atoms with Crippen LogP contribution in [0, 0.1) is 0 Å². The number of carbonyl (C=O) groups excluding carboxylic acids is 1. The van der Waals surface area contributed by atoms with Gasteiger partial charge in [0.15, 0.2) is 11.4 Å². The summed E-state index contributed by atoms with van der Waals surface area (Å²) < 4.78 is 12.6. The summed E-state index contributed by atoms with van der Waals surface area (Å²) in [6.45, 7) is 5.34. The first-order valence-electron chi connectivity index (χ1n) is 8.35. The molecule has 0 saturated heterocycles. The lowest BCUT2D eigenvalue weighted by molar-refractivity contribution is 0.0637. The highest BCUT2D eigenvalue weighted by molar-refractivity contribution is 5.96. The van der Waals surface area contributed by atoms with Crippen LogP contribution >= 0.6 is 0 Å². The van der Waals surface area contributed by atoms with Gasteiger partial charge in [0.2, 0.25) is 5.43 Å². The molecule has 1 N–H and O–H groups in total. The van der Waals surface area contributed by atoms with Crippen LogP contribution in [0.4, 0.5) is 0 Å². The minimum Gasteiger partial charge on any atom is -0.482 e. The molecule has 136 valence electrons. The molecule has 0 atom stereocenters. The summed E-state index contributed by atoms with van der Waals surface area (Å²) in [5, 5.41) is 0. The van der Waals surface area contributed by atoms with E-state index in [1.807, 2.05) is 30.3 Å². The second kappa shape index (κ2) is 8.35. The molecule has 1 amide bonds. The Kier molecular flexibility index (Phi) is 5.70. The Labute approximate surface area is 151 Å². The van der Waals surface area contributed by atoms with Crippen molar-refractivity contribution < 1.29 is 14.3 Å². The van der Waals surface area contributed by atoms with Crippen LogP contribution in [0.25, 0.3) is 0 Å². The second-order valence-electron chi connectivity index (χ2n) is 5.75. The molecule has 0 saturated carbocycles. The molecule has 3 rings (SSSR count). The van der Waals surface area contributed by atoms with Gasteiger partial charge in [-0.25, -0.2) is 0 Å². The van der Waals surface area contributed by atoms with Crippen LogP contribution in [0.1, 0.15) is 16.1 Å². The minimum atomic E-state index is -0.327. The number of fused-ring (bicyclic) bond motifs is 1. The zero-order chi connectivity index (χ0) is 18.4. The molecule has 7 heteroatoms. The Balaban J connectivity index is 1.78. The predicted molar refractivity (Wildman–Crippen MR) is 97.8 cm³/mol. The molecule has 7 nitrogen and oxygen atoms in total. The van der Waals surface area contributed by atoms with Crippen LogP contribution in [0.15, 0.2) is 60.0 Å². The molecule has 0 spiro atoms. The SMILES string of the molecule is C=CCOCCN1CNn2ccc(=O)c(OCc3ccccc3)c2C1=O. The van der Waals surface area contributed by atoms with Crippen LogP contribution in [-0.2, 0) is 11.3 Å². The van der Waals surface area contributed by atoms with Crippen molar-refractivity contribution >= 4 is 5.91 Å². The molecule has 1 aromatic heterocycles. The first kappa shape index (κ1) is 17.8. The molecule has 1 aromatic carbocycles. The summed E-state index contributed by atoms with van der Waals surface area (Å²) in [5.74, 6) is -0.225. The highest BCUT2D eigenvalue weighted by Crippen LogP contribution is 2.19. The van der Waals surface area contributed by atoms with Gasteiger partial charge in [-0.05, 0) is 5.56 Å². The van der Waals surface area contributed by atoms with Crippen LogP contribution in [0.5, 0.6) is 5.75 Å². The number of carbonyl (C=O) groups is 1. The zero-order valence-electron chi connectivity index (χ0n) is 14.4. The van der Waals surface area contributed by atoms with Crippen LogP contribution < -0.4 is 15.6 Å². The van der Waals surface area contributed by atoms with Gasteiger partial charge in [-0.1, -0.05) is 36.4 Å². The van der Waals surface area contributed by atoms with Gasteiger partial charge in [0.05, 0.1) is 13.2 Å². The summed E-state index contributed by atoms with van der Waals surface area (Å²) in [6, 6.07) is 10.9. The lowest BCUT2D eigenvalue weighted by Crippen LogP contribution is -2.47. The molecule has 0 radical (unpaired) electrons. The summed E-state index contributed by atoms with van der Waals surface area (Å²) in [7, 11) is 0. The standard InChI is InChI=1S/C19H21N3O4/c1-2-11-25-12-10-21-14-20-22-9-8-16(23)18(17(22)19(21)24)26-13-15-6-4-3-5-7-15/h2-9,20H,1,10-14H2. The van der Waals surface area contributed by atoms with Crippen molar-refractivity contribution in [2.75, 3.05) is 31.9 Å². The molecule has 0 unspecified atom stereocenters. The molecular formula is C19H21N3O4. The highest BCUT2D eigenvalue weighted by atomic mass is 16.5. The molecule has 1 aliphatic rings. The lowest BCUT2D eigenvalue weighted by atomic mass is 10.2. The van der Waals surface area contributed by atoms with Crippen molar-refractivity contribution in [3.63, 3.8) is 0 Å². The zero-order valence-corrected chi connectivity index (χ0v) is 14.4. The molecule has 26 heavy (non-hydrogen) atoms. The number of ether oxygens (including phenoxy) is 2. The molecule has 0 fully saturated rings. The quantitative estimate of drug-likeness (QED) is 0.575. The summed E-state index contributed by atoms with van der Waals surface area (Å²) in [5.41, 5.74) is 3.86. The maximum atomic E-state index is 12.8. The number of rotatable bonds is 8. The summed E-state index contributed by atoms with van der Waals surface area (Å²) >= 11 is 0. The van der Waals surface area contributed by atoms with Gasteiger partial charge in [-0.2, -0.15) is 0 Å². The summed E-state index contributed by atoms with van der Waals surface area (Å²) in [4.78, 5) is 26.7. The number of aromatic nitrogens is 1. The topological polar surface area (TPSA) is 72.8 Å². The Bertz CT molecular complexity index is 832. The van der Waals surface area contributed by atoms with E-state index in [1.165, 1.54) is 16.9 Å². The van der Waals surface area contributed by atoms with Gasteiger partial charge < -0.3 is 19.8 Å². The van der Waals surface area contributed by atoms with E-state index in [1.54, 1.807) is 11.0 Å². The van der Waals surface area contributed by atoms with Gasteiger partial charge in [0, 0.05) is 18.8 Å². The van der Waals surface area contributed by atoms with E-state index >= 15 is 0 Å². The second-order valence-corrected chi connectivity index (χ2v) is 5.75. The van der Waals surface area contributed by atoms with E-state index in [9.17, 15) is 9.59 Å². The van der Waals surface area contributed by atoms with Crippen molar-refractivity contribution in [3.05, 3.63) is 76.7 Å². The average Bonchev–Trinajstić information content (AvgIpc) is 2.67. The molecule has 0 aliphatic carbocycles. The molecular weight excluding hydrogens is 334 g/mol. The maximum absolute atomic E-state index is 12.8. The third-order valence-corrected chi connectivity index (χ3v) is 3.94. The van der Waals surface area contributed by atoms with E-state index in [4.69, 9.17) is 9.47 Å². The number of pyridine rings is 1.